The highest BCUT2D eigenvalue weighted by Gasteiger charge is 2.54. The van der Waals surface area contributed by atoms with E-state index in [0.717, 1.165) is 16.2 Å². The summed E-state index contributed by atoms with van der Waals surface area (Å²) >= 11 is 2.41. The van der Waals surface area contributed by atoms with Crippen molar-refractivity contribution in [1.29, 1.82) is 0 Å². The largest absolute Gasteiger partial charge is 0.508 e. The third-order valence-corrected chi connectivity index (χ3v) is 7.25. The van der Waals surface area contributed by atoms with Crippen molar-refractivity contribution in [3.05, 3.63) is 52.2 Å². The molecule has 35 heavy (non-hydrogen) atoms. The predicted molar refractivity (Wildman–Crippen MR) is 129 cm³/mol. The van der Waals surface area contributed by atoms with Crippen molar-refractivity contribution >= 4 is 63.6 Å². The molecular formula is C22H20N4O7S2. The number of nitrogen functional groups attached to an aromatic ring is 1. The summed E-state index contributed by atoms with van der Waals surface area (Å²) in [5, 5.41) is 23.1. The summed E-state index contributed by atoms with van der Waals surface area (Å²) in [5.74, 6) is -2.78. The number of carboxylic acid groups (broad SMARTS) is 1. The van der Waals surface area contributed by atoms with Crippen LogP contribution in [0, 0.1) is 0 Å². The number of hydrogen-bond donors (Lipinski definition) is 4. The summed E-state index contributed by atoms with van der Waals surface area (Å²) in [6.07, 6.45) is 1.55. The van der Waals surface area contributed by atoms with Gasteiger partial charge in [-0.15, -0.1) is 23.1 Å². The number of esters is 1. The predicted octanol–water partition coefficient (Wildman–Crippen LogP) is 1.27. The van der Waals surface area contributed by atoms with Gasteiger partial charge in [0.2, 0.25) is 0 Å². The number of carbonyl (C=O) groups is 4. The van der Waals surface area contributed by atoms with Crippen LogP contribution in [0.3, 0.4) is 0 Å². The number of thioether (sulfide) groups is 1. The quantitative estimate of drug-likeness (QED) is 0.238. The fraction of sp³-hybridized carbons (Fsp3) is 0.227. The Kier molecular flexibility index (Phi) is 6.80. The first-order valence-electron chi connectivity index (χ1n) is 10.2. The maximum Gasteiger partial charge on any atom is 0.352 e. The number of phenolic OH excluding ortho intramolecular Hbond substituents is 1. The Morgan fingerprint density at radius 2 is 2.03 bits per heavy atom. The molecule has 4 rings (SSSR count). The number of fused-ring (bicyclic) bond motifs is 1. The lowest BCUT2D eigenvalue weighted by atomic mass is 10.0. The van der Waals surface area contributed by atoms with Crippen LogP contribution in [0.1, 0.15) is 18.2 Å². The average molecular weight is 517 g/mol. The van der Waals surface area contributed by atoms with E-state index in [9.17, 15) is 29.4 Å². The summed E-state index contributed by atoms with van der Waals surface area (Å²) in [7, 11) is 0. The molecule has 2 amide bonds. The van der Waals surface area contributed by atoms with E-state index in [1.807, 2.05) is 0 Å². The van der Waals surface area contributed by atoms with Gasteiger partial charge in [-0.3, -0.25) is 19.3 Å². The number of aliphatic carboxylic acids is 1. The second kappa shape index (κ2) is 9.80. The number of amides is 2. The lowest BCUT2D eigenvalue weighted by Gasteiger charge is -2.49. The number of rotatable bonds is 7. The number of aromatic hydroxyl groups is 1. The first kappa shape index (κ1) is 24.3. The van der Waals surface area contributed by atoms with Crippen LogP contribution in [0.25, 0.3) is 11.6 Å². The van der Waals surface area contributed by atoms with Crippen molar-refractivity contribution in [2.45, 2.75) is 18.3 Å². The fourth-order valence-corrected chi connectivity index (χ4v) is 5.50. The Bertz CT molecular complexity index is 1270. The molecule has 5 N–H and O–H groups in total. The number of benzene rings is 1. The molecule has 0 saturated carbocycles. The van der Waals surface area contributed by atoms with Crippen LogP contribution in [0.15, 0.2) is 40.9 Å². The van der Waals surface area contributed by atoms with Gasteiger partial charge in [0, 0.05) is 23.6 Å². The Morgan fingerprint density at radius 3 is 2.63 bits per heavy atom. The maximum absolute atomic E-state index is 13.2. The molecule has 1 aromatic carbocycles. The molecule has 3 heterocycles. The van der Waals surface area contributed by atoms with Gasteiger partial charge in [0.15, 0.2) is 5.13 Å². The first-order chi connectivity index (χ1) is 16.7. The summed E-state index contributed by atoms with van der Waals surface area (Å²) in [4.78, 5) is 54.4. The zero-order valence-electron chi connectivity index (χ0n) is 18.3. The summed E-state index contributed by atoms with van der Waals surface area (Å²) < 4.78 is 4.92. The topological polar surface area (TPSA) is 172 Å². The number of hydrogen-bond acceptors (Lipinski definition) is 10. The van der Waals surface area contributed by atoms with Gasteiger partial charge in [0.1, 0.15) is 29.5 Å². The second-order valence-corrected chi connectivity index (χ2v) is 9.61. The molecule has 1 fully saturated rings. The van der Waals surface area contributed by atoms with Crippen molar-refractivity contribution in [3.8, 4) is 5.75 Å². The van der Waals surface area contributed by atoms with Crippen LogP contribution in [-0.4, -0.2) is 67.6 Å². The van der Waals surface area contributed by atoms with Crippen LogP contribution in [0.4, 0.5) is 5.13 Å². The minimum Gasteiger partial charge on any atom is -0.508 e. The van der Waals surface area contributed by atoms with Crippen molar-refractivity contribution in [3.63, 3.8) is 0 Å². The third-order valence-electron chi connectivity index (χ3n) is 5.23. The molecule has 1 unspecified atom stereocenters. The number of nitrogens with one attached hydrogen (secondary N) is 1. The van der Waals surface area contributed by atoms with Crippen molar-refractivity contribution < 1.29 is 34.1 Å². The number of carbonyl (C=O) groups excluding carboxylic acids is 3. The highest BCUT2D eigenvalue weighted by atomic mass is 32.2. The molecule has 2 aliphatic rings. The Hall–Kier alpha value is -3.84. The average Bonchev–Trinajstić information content (AvgIpc) is 3.25. The van der Waals surface area contributed by atoms with Gasteiger partial charge in [-0.05, 0) is 23.8 Å². The minimum absolute atomic E-state index is 0.0656. The SMILES string of the molecule is CC(=O)OCC1=C(C(=O)O)N2C(=O)C(NC(=O)C(=Cc3ccc(O)cc3)c3csc(N)n3)[C@H]2SC1. The van der Waals surface area contributed by atoms with Gasteiger partial charge in [0.25, 0.3) is 11.8 Å². The number of ether oxygens (including phenoxy) is 1. The van der Waals surface area contributed by atoms with E-state index in [4.69, 9.17) is 10.5 Å². The molecule has 182 valence electrons. The minimum atomic E-state index is -1.32. The van der Waals surface area contributed by atoms with E-state index in [1.165, 1.54) is 30.8 Å². The number of β-lactam (4-membered cyclic amide) rings is 1. The fourth-order valence-electron chi connectivity index (χ4n) is 3.61. The van der Waals surface area contributed by atoms with Crippen molar-refractivity contribution in [1.82, 2.24) is 15.2 Å². The summed E-state index contributed by atoms with van der Waals surface area (Å²) in [6.45, 7) is 0.974. The summed E-state index contributed by atoms with van der Waals surface area (Å²) in [6, 6.07) is 5.20. The van der Waals surface area contributed by atoms with Gasteiger partial charge < -0.3 is 26.0 Å². The first-order valence-corrected chi connectivity index (χ1v) is 12.1. The van der Waals surface area contributed by atoms with E-state index < -0.39 is 35.2 Å². The van der Waals surface area contributed by atoms with Crippen LogP contribution < -0.4 is 11.1 Å². The van der Waals surface area contributed by atoms with Gasteiger partial charge in [-0.1, -0.05) is 12.1 Å². The zero-order chi connectivity index (χ0) is 25.3. The summed E-state index contributed by atoms with van der Waals surface area (Å²) in [5.41, 5.74) is 6.88. The third kappa shape index (κ3) is 5.00. The lowest BCUT2D eigenvalue weighted by Crippen LogP contribution is -2.70. The van der Waals surface area contributed by atoms with E-state index in [-0.39, 0.29) is 34.5 Å². The number of thiazole rings is 1. The van der Waals surface area contributed by atoms with Crippen molar-refractivity contribution in [2.75, 3.05) is 18.1 Å². The Balaban J connectivity index is 1.57. The van der Waals surface area contributed by atoms with Gasteiger partial charge in [-0.2, -0.15) is 0 Å². The molecule has 11 nitrogen and oxygen atoms in total. The van der Waals surface area contributed by atoms with Crippen LogP contribution in [-0.2, 0) is 23.9 Å². The van der Waals surface area contributed by atoms with E-state index in [0.29, 0.717) is 16.8 Å². The second-order valence-electron chi connectivity index (χ2n) is 7.62. The van der Waals surface area contributed by atoms with E-state index in [1.54, 1.807) is 23.6 Å². The van der Waals surface area contributed by atoms with Crippen LogP contribution in [0.2, 0.25) is 0 Å². The van der Waals surface area contributed by atoms with Crippen LogP contribution in [0.5, 0.6) is 5.75 Å². The number of phenols is 1. The number of anilines is 1. The number of carboxylic acids is 1. The molecular weight excluding hydrogens is 496 g/mol. The Morgan fingerprint density at radius 1 is 1.31 bits per heavy atom. The number of nitrogens with zero attached hydrogens (tertiary/aromatic N) is 2. The molecule has 2 aromatic rings. The van der Waals surface area contributed by atoms with Gasteiger partial charge in [-0.25, -0.2) is 9.78 Å². The molecule has 2 aliphatic heterocycles. The molecule has 0 aliphatic carbocycles. The molecule has 2 atom stereocenters. The highest BCUT2D eigenvalue weighted by Crippen LogP contribution is 2.40. The number of nitrogens with two attached hydrogens (primary N) is 1. The Labute approximate surface area is 207 Å². The molecule has 1 saturated heterocycles. The van der Waals surface area contributed by atoms with E-state index in [2.05, 4.69) is 10.3 Å². The molecule has 13 heteroatoms. The molecule has 0 bridgehead atoms. The van der Waals surface area contributed by atoms with Crippen molar-refractivity contribution in [2.24, 2.45) is 0 Å². The molecule has 0 radical (unpaired) electrons. The van der Waals surface area contributed by atoms with Gasteiger partial charge >= 0.3 is 11.9 Å². The maximum atomic E-state index is 13.2. The van der Waals surface area contributed by atoms with E-state index >= 15 is 0 Å². The lowest BCUT2D eigenvalue weighted by molar-refractivity contribution is -0.150. The smallest absolute Gasteiger partial charge is 0.352 e. The zero-order valence-corrected chi connectivity index (χ0v) is 19.9. The van der Waals surface area contributed by atoms with Gasteiger partial charge in [0.05, 0.1) is 11.3 Å². The standard InChI is InChI=1S/C22H20N4O7S2/c1-10(27)33-7-12-8-34-20-16(19(30)26(20)17(12)21(31)32)25-18(29)14(15-9-35-22(23)24-15)6-11-2-4-13(28)5-3-11/h2-6,9,16,20,28H,7-8H2,1H3,(H2,23,24)(H,25,29)(H,31,32)/t16?,20-/m1/s1. The molecule has 1 aromatic heterocycles. The number of aromatic nitrogens is 1. The highest BCUT2D eigenvalue weighted by molar-refractivity contribution is 8.00. The molecule has 0 spiro atoms. The van der Waals surface area contributed by atoms with Crippen LogP contribution >= 0.6 is 23.1 Å². The normalized spacial score (nSPS) is 19.6. The monoisotopic (exact) mass is 516 g/mol.